The van der Waals surface area contributed by atoms with E-state index in [9.17, 15) is 0 Å². The van der Waals surface area contributed by atoms with Crippen molar-refractivity contribution in [1.82, 2.24) is 0 Å². The van der Waals surface area contributed by atoms with Crippen LogP contribution < -0.4 is 0 Å². The SMILES string of the molecule is C=CC(CSC(C)=S)C(C)C(C)(C)C. The Hall–Kier alpha value is 0.180. The van der Waals surface area contributed by atoms with E-state index in [1.165, 1.54) is 0 Å². The second kappa shape index (κ2) is 5.92. The van der Waals surface area contributed by atoms with E-state index in [1.54, 1.807) is 11.8 Å². The lowest BCUT2D eigenvalue weighted by Gasteiger charge is -2.32. The van der Waals surface area contributed by atoms with Crippen molar-refractivity contribution < 1.29 is 0 Å². The minimum Gasteiger partial charge on any atom is -0.119 e. The van der Waals surface area contributed by atoms with Gasteiger partial charge in [-0.05, 0) is 24.2 Å². The first-order chi connectivity index (χ1) is 6.29. The van der Waals surface area contributed by atoms with Gasteiger partial charge in [-0.2, -0.15) is 0 Å². The van der Waals surface area contributed by atoms with Crippen molar-refractivity contribution in [2.24, 2.45) is 17.3 Å². The van der Waals surface area contributed by atoms with E-state index < -0.39 is 0 Å². The van der Waals surface area contributed by atoms with Gasteiger partial charge in [0.25, 0.3) is 0 Å². The van der Waals surface area contributed by atoms with E-state index in [0.29, 0.717) is 17.3 Å². The lowest BCUT2D eigenvalue weighted by molar-refractivity contribution is 0.217. The summed E-state index contributed by atoms with van der Waals surface area (Å²) in [7, 11) is 0. The molecule has 0 radical (unpaired) electrons. The van der Waals surface area contributed by atoms with Crippen LogP contribution in [0.25, 0.3) is 0 Å². The van der Waals surface area contributed by atoms with Crippen LogP contribution in [-0.2, 0) is 0 Å². The first-order valence-electron chi connectivity index (χ1n) is 5.05. The highest BCUT2D eigenvalue weighted by Crippen LogP contribution is 2.34. The molecule has 0 aromatic rings. The molecule has 14 heavy (non-hydrogen) atoms. The quantitative estimate of drug-likeness (QED) is 0.513. The van der Waals surface area contributed by atoms with Gasteiger partial charge in [-0.25, -0.2) is 0 Å². The number of hydrogen-bond donors (Lipinski definition) is 0. The molecule has 0 aliphatic heterocycles. The molecule has 0 aliphatic carbocycles. The molecule has 0 saturated carbocycles. The molecular weight excluding hydrogens is 208 g/mol. The van der Waals surface area contributed by atoms with Crippen LogP contribution in [0.3, 0.4) is 0 Å². The summed E-state index contributed by atoms with van der Waals surface area (Å²) >= 11 is 6.84. The van der Waals surface area contributed by atoms with E-state index in [2.05, 4.69) is 40.3 Å². The molecule has 2 unspecified atom stereocenters. The molecule has 0 amide bonds. The molecule has 82 valence electrons. The zero-order valence-electron chi connectivity index (χ0n) is 9.96. The summed E-state index contributed by atoms with van der Waals surface area (Å²) in [6, 6.07) is 0. The number of hydrogen-bond acceptors (Lipinski definition) is 2. The first kappa shape index (κ1) is 14.2. The molecule has 0 nitrogen and oxygen atoms in total. The normalized spacial score (nSPS) is 16.1. The average molecular weight is 230 g/mol. The maximum Gasteiger partial charge on any atom is 0.0447 e. The minimum absolute atomic E-state index is 0.342. The van der Waals surface area contributed by atoms with Crippen LogP contribution in [0.4, 0.5) is 0 Å². The topological polar surface area (TPSA) is 0 Å². The van der Waals surface area contributed by atoms with Crippen molar-refractivity contribution in [2.75, 3.05) is 5.75 Å². The van der Waals surface area contributed by atoms with Crippen LogP contribution in [0.5, 0.6) is 0 Å². The van der Waals surface area contributed by atoms with E-state index in [0.717, 1.165) is 9.95 Å². The maximum atomic E-state index is 5.07. The van der Waals surface area contributed by atoms with Crippen molar-refractivity contribution in [1.29, 1.82) is 0 Å². The molecular formula is C12H22S2. The Bertz CT molecular complexity index is 201. The summed E-state index contributed by atoms with van der Waals surface area (Å²) in [6.45, 7) is 15.0. The molecule has 0 bridgehead atoms. The lowest BCUT2D eigenvalue weighted by Crippen LogP contribution is -2.26. The van der Waals surface area contributed by atoms with E-state index in [1.807, 2.05) is 6.92 Å². The fourth-order valence-electron chi connectivity index (χ4n) is 1.27. The molecule has 0 aromatic heterocycles. The summed E-state index contributed by atoms with van der Waals surface area (Å²) in [5, 5.41) is 0. The molecule has 2 heteroatoms. The van der Waals surface area contributed by atoms with Crippen LogP contribution >= 0.6 is 24.0 Å². The molecule has 0 spiro atoms. The summed E-state index contributed by atoms with van der Waals surface area (Å²) in [4.78, 5) is 0. The highest BCUT2D eigenvalue weighted by Gasteiger charge is 2.26. The van der Waals surface area contributed by atoms with Crippen molar-refractivity contribution in [3.8, 4) is 0 Å². The fraction of sp³-hybridized carbons (Fsp3) is 0.750. The Kier molecular flexibility index (Phi) is 5.99. The van der Waals surface area contributed by atoms with Crippen LogP contribution in [0.1, 0.15) is 34.6 Å². The smallest absolute Gasteiger partial charge is 0.0447 e. The van der Waals surface area contributed by atoms with Gasteiger partial charge in [-0.15, -0.1) is 18.3 Å². The zero-order valence-corrected chi connectivity index (χ0v) is 11.6. The number of rotatable bonds is 4. The third-order valence-electron chi connectivity index (χ3n) is 2.79. The van der Waals surface area contributed by atoms with Crippen LogP contribution in [0.15, 0.2) is 12.7 Å². The van der Waals surface area contributed by atoms with Crippen LogP contribution in [0, 0.1) is 17.3 Å². The predicted molar refractivity (Wildman–Crippen MR) is 73.0 cm³/mol. The standard InChI is InChI=1S/C12H22S2/c1-7-11(8-14-10(3)13)9(2)12(4,5)6/h7,9,11H,1,8H2,2-6H3. The Morgan fingerprint density at radius 2 is 2.00 bits per heavy atom. The highest BCUT2D eigenvalue weighted by molar-refractivity contribution is 8.23. The van der Waals surface area contributed by atoms with Gasteiger partial charge in [0.05, 0.1) is 0 Å². The van der Waals surface area contributed by atoms with Gasteiger partial charge in [0.1, 0.15) is 0 Å². The summed E-state index contributed by atoms with van der Waals surface area (Å²) in [5.74, 6) is 2.26. The van der Waals surface area contributed by atoms with Gasteiger partial charge in [0, 0.05) is 9.95 Å². The molecule has 0 fully saturated rings. The average Bonchev–Trinajstić information content (AvgIpc) is 2.03. The highest BCUT2D eigenvalue weighted by atomic mass is 32.2. The van der Waals surface area contributed by atoms with Gasteiger partial charge < -0.3 is 0 Å². The van der Waals surface area contributed by atoms with Crippen molar-refractivity contribution >= 4 is 28.2 Å². The van der Waals surface area contributed by atoms with Gasteiger partial charge in [-0.3, -0.25) is 0 Å². The third-order valence-corrected chi connectivity index (χ3v) is 4.10. The second-order valence-corrected chi connectivity index (χ2v) is 6.96. The Morgan fingerprint density at radius 1 is 1.50 bits per heavy atom. The summed E-state index contributed by atoms with van der Waals surface area (Å²) < 4.78 is 1.03. The maximum absolute atomic E-state index is 5.07. The molecule has 0 saturated heterocycles. The molecule has 0 aromatic carbocycles. The Balaban J connectivity index is 4.27. The predicted octanol–water partition coefficient (Wildman–Crippen LogP) is 4.55. The molecule has 2 atom stereocenters. The van der Waals surface area contributed by atoms with Crippen LogP contribution in [0.2, 0.25) is 0 Å². The van der Waals surface area contributed by atoms with Gasteiger partial charge >= 0.3 is 0 Å². The van der Waals surface area contributed by atoms with E-state index >= 15 is 0 Å². The number of allylic oxidation sites excluding steroid dienone is 1. The third kappa shape index (κ3) is 5.16. The lowest BCUT2D eigenvalue weighted by atomic mass is 9.75. The Morgan fingerprint density at radius 3 is 2.29 bits per heavy atom. The summed E-state index contributed by atoms with van der Waals surface area (Å²) in [6.07, 6.45) is 2.07. The van der Waals surface area contributed by atoms with Crippen molar-refractivity contribution in [2.45, 2.75) is 34.6 Å². The van der Waals surface area contributed by atoms with Crippen molar-refractivity contribution in [3.05, 3.63) is 12.7 Å². The van der Waals surface area contributed by atoms with Gasteiger partial charge in [0.2, 0.25) is 0 Å². The van der Waals surface area contributed by atoms with E-state index in [-0.39, 0.29) is 0 Å². The minimum atomic E-state index is 0.342. The number of thiocarbonyl (C=S) groups is 1. The van der Waals surface area contributed by atoms with Crippen LogP contribution in [-0.4, -0.2) is 9.95 Å². The summed E-state index contributed by atoms with van der Waals surface area (Å²) in [5.41, 5.74) is 0.342. The van der Waals surface area contributed by atoms with Gasteiger partial charge in [0.15, 0.2) is 0 Å². The molecule has 0 rings (SSSR count). The number of thioether (sulfide) groups is 1. The molecule has 0 N–H and O–H groups in total. The molecule has 0 aliphatic rings. The first-order valence-corrected chi connectivity index (χ1v) is 6.44. The second-order valence-electron chi connectivity index (χ2n) is 4.86. The fourth-order valence-corrected chi connectivity index (χ4v) is 2.33. The monoisotopic (exact) mass is 230 g/mol. The van der Waals surface area contributed by atoms with Crippen molar-refractivity contribution in [3.63, 3.8) is 0 Å². The Labute approximate surface area is 98.5 Å². The largest absolute Gasteiger partial charge is 0.119 e. The van der Waals surface area contributed by atoms with E-state index in [4.69, 9.17) is 12.2 Å². The van der Waals surface area contributed by atoms with Gasteiger partial charge in [-0.1, -0.05) is 46.0 Å². The zero-order chi connectivity index (χ0) is 11.4. The molecule has 0 heterocycles.